The number of halogens is 1. The number of guanidine groups is 1. The van der Waals surface area contributed by atoms with E-state index in [1.165, 1.54) is 5.56 Å². The number of thioether (sulfide) groups is 1. The maximum Gasteiger partial charge on any atom is 0.215 e. The van der Waals surface area contributed by atoms with Crippen LogP contribution in [0.1, 0.15) is 12.5 Å². The van der Waals surface area contributed by atoms with Gasteiger partial charge in [0.25, 0.3) is 0 Å². The summed E-state index contributed by atoms with van der Waals surface area (Å²) < 4.78 is 25.9. The predicted octanol–water partition coefficient (Wildman–Crippen LogP) is 1.97. The van der Waals surface area contributed by atoms with Crippen LogP contribution in [0, 0.1) is 0 Å². The number of aliphatic imine (C=N–C) groups is 1. The molecule has 2 rings (SSSR count). The van der Waals surface area contributed by atoms with Gasteiger partial charge >= 0.3 is 0 Å². The minimum Gasteiger partial charge on any atom is -0.370 e. The molecule has 6 nitrogen and oxygen atoms in total. The largest absolute Gasteiger partial charge is 0.370 e. The second-order valence-corrected chi connectivity index (χ2v) is 8.59. The molecule has 0 bridgehead atoms. The van der Waals surface area contributed by atoms with E-state index in [9.17, 15) is 8.42 Å². The number of hydrogen-bond acceptors (Lipinski definition) is 4. The normalized spacial score (nSPS) is 16.5. The predicted molar refractivity (Wildman–Crippen MR) is 114 cm³/mol. The molecule has 136 valence electrons. The van der Waals surface area contributed by atoms with E-state index in [0.717, 1.165) is 23.6 Å². The summed E-state index contributed by atoms with van der Waals surface area (Å²) >= 11 is 1.78. The lowest BCUT2D eigenvalue weighted by atomic mass is 10.1. The fourth-order valence-electron chi connectivity index (χ4n) is 2.29. The summed E-state index contributed by atoms with van der Waals surface area (Å²) in [6, 6.07) is 7.91. The highest BCUT2D eigenvalue weighted by Crippen LogP contribution is 2.13. The second-order valence-electron chi connectivity index (χ2n) is 5.27. The van der Waals surface area contributed by atoms with Gasteiger partial charge < -0.3 is 11.1 Å². The third-order valence-corrected chi connectivity index (χ3v) is 6.40. The number of nitrogens with zero attached hydrogens (tertiary/aromatic N) is 2. The number of aryl methyl sites for hydroxylation is 1. The Balaban J connectivity index is 0.00000288. The maximum absolute atomic E-state index is 12.2. The molecule has 0 unspecified atom stereocenters. The summed E-state index contributed by atoms with van der Waals surface area (Å²) in [6.45, 7) is 3.43. The third kappa shape index (κ3) is 6.77. The van der Waals surface area contributed by atoms with Gasteiger partial charge in [0.05, 0.1) is 12.3 Å². The average molecular weight is 484 g/mol. The van der Waals surface area contributed by atoms with Crippen molar-refractivity contribution in [2.75, 3.05) is 42.2 Å². The van der Waals surface area contributed by atoms with Crippen LogP contribution in [0.25, 0.3) is 0 Å². The Bertz CT molecular complexity index is 647. The zero-order valence-corrected chi connectivity index (χ0v) is 17.7. The molecule has 1 aliphatic heterocycles. The first-order valence-corrected chi connectivity index (χ1v) is 10.5. The van der Waals surface area contributed by atoms with Crippen LogP contribution in [-0.2, 0) is 16.4 Å². The van der Waals surface area contributed by atoms with E-state index in [-0.39, 0.29) is 42.2 Å². The van der Waals surface area contributed by atoms with E-state index in [4.69, 9.17) is 5.73 Å². The molecule has 1 fully saturated rings. The molecule has 24 heavy (non-hydrogen) atoms. The number of rotatable bonds is 6. The summed E-state index contributed by atoms with van der Waals surface area (Å²) in [5.41, 5.74) is 7.90. The van der Waals surface area contributed by atoms with Crippen molar-refractivity contribution in [3.8, 4) is 0 Å². The van der Waals surface area contributed by atoms with Crippen molar-refractivity contribution in [1.82, 2.24) is 4.31 Å². The summed E-state index contributed by atoms with van der Waals surface area (Å²) in [5, 5.41) is 3.00. The minimum atomic E-state index is -3.23. The Hall–Kier alpha value is -0.520. The Morgan fingerprint density at radius 2 is 2.08 bits per heavy atom. The first kappa shape index (κ1) is 21.5. The van der Waals surface area contributed by atoms with Gasteiger partial charge in [0, 0.05) is 30.3 Å². The van der Waals surface area contributed by atoms with Crippen LogP contribution >= 0.6 is 35.7 Å². The maximum atomic E-state index is 12.2. The average Bonchev–Trinajstić information content (AvgIpc) is 2.55. The molecule has 0 saturated carbocycles. The minimum absolute atomic E-state index is 0. The number of nitrogens with one attached hydrogen (secondary N) is 1. The molecular weight excluding hydrogens is 459 g/mol. The Labute approximate surface area is 165 Å². The molecule has 1 aromatic rings. The number of nitrogens with two attached hydrogens (primary N) is 1. The molecule has 1 aliphatic rings. The monoisotopic (exact) mass is 484 g/mol. The highest BCUT2D eigenvalue weighted by atomic mass is 127. The van der Waals surface area contributed by atoms with Gasteiger partial charge in [-0.15, -0.1) is 24.0 Å². The van der Waals surface area contributed by atoms with Crippen LogP contribution in [0.15, 0.2) is 29.3 Å². The van der Waals surface area contributed by atoms with Gasteiger partial charge in [-0.1, -0.05) is 19.1 Å². The standard InChI is InChI=1S/C15H24N4O2S2.HI/c1-2-13-4-3-5-14(12-13)18-15(16)17-6-11-23(20,21)19-7-9-22-10-8-19;/h3-5,12H,2,6-11H2,1H3,(H3,16,17,18);1H. The Morgan fingerprint density at radius 1 is 1.38 bits per heavy atom. The fraction of sp³-hybridized carbons (Fsp3) is 0.533. The summed E-state index contributed by atoms with van der Waals surface area (Å²) in [5.74, 6) is 1.96. The SMILES string of the molecule is CCc1cccc(NC(N)=NCCS(=O)(=O)N2CCSCC2)c1.I. The Morgan fingerprint density at radius 3 is 2.75 bits per heavy atom. The number of benzene rings is 1. The summed E-state index contributed by atoms with van der Waals surface area (Å²) in [7, 11) is -3.23. The lowest BCUT2D eigenvalue weighted by Crippen LogP contribution is -2.40. The first-order valence-electron chi connectivity index (χ1n) is 7.72. The molecule has 0 aromatic heterocycles. The molecule has 0 radical (unpaired) electrons. The van der Waals surface area contributed by atoms with Gasteiger partial charge in [-0.2, -0.15) is 11.8 Å². The zero-order valence-electron chi connectivity index (χ0n) is 13.8. The summed E-state index contributed by atoms with van der Waals surface area (Å²) in [6.07, 6.45) is 0.943. The highest BCUT2D eigenvalue weighted by Gasteiger charge is 2.23. The smallest absolute Gasteiger partial charge is 0.215 e. The van der Waals surface area contributed by atoms with E-state index >= 15 is 0 Å². The van der Waals surface area contributed by atoms with E-state index in [0.29, 0.717) is 13.1 Å². The third-order valence-electron chi connectivity index (χ3n) is 3.60. The highest BCUT2D eigenvalue weighted by molar-refractivity contribution is 14.0. The van der Waals surface area contributed by atoms with Crippen LogP contribution in [-0.4, -0.2) is 55.6 Å². The van der Waals surface area contributed by atoms with Gasteiger partial charge in [0.2, 0.25) is 10.0 Å². The molecule has 0 amide bonds. The van der Waals surface area contributed by atoms with E-state index < -0.39 is 10.0 Å². The van der Waals surface area contributed by atoms with Crippen LogP contribution in [0.4, 0.5) is 5.69 Å². The Kier molecular flexibility index (Phi) is 9.39. The van der Waals surface area contributed by atoms with Crippen molar-refractivity contribution < 1.29 is 8.42 Å². The van der Waals surface area contributed by atoms with Gasteiger partial charge in [-0.3, -0.25) is 4.99 Å². The molecule has 0 spiro atoms. The summed E-state index contributed by atoms with van der Waals surface area (Å²) in [4.78, 5) is 4.13. The van der Waals surface area contributed by atoms with Gasteiger partial charge in [-0.05, 0) is 24.1 Å². The molecule has 0 aliphatic carbocycles. The van der Waals surface area contributed by atoms with Crippen molar-refractivity contribution in [3.63, 3.8) is 0 Å². The molecular formula is C15H25IN4O2S2. The van der Waals surface area contributed by atoms with Crippen LogP contribution < -0.4 is 11.1 Å². The fourth-order valence-corrected chi connectivity index (χ4v) is 4.75. The molecule has 1 aromatic carbocycles. The van der Waals surface area contributed by atoms with Crippen LogP contribution in [0.3, 0.4) is 0 Å². The van der Waals surface area contributed by atoms with Gasteiger partial charge in [0.1, 0.15) is 0 Å². The molecule has 0 atom stereocenters. The topological polar surface area (TPSA) is 87.8 Å². The molecule has 1 heterocycles. The van der Waals surface area contributed by atoms with Crippen molar-refractivity contribution >= 4 is 57.4 Å². The van der Waals surface area contributed by atoms with Gasteiger partial charge in [-0.25, -0.2) is 12.7 Å². The van der Waals surface area contributed by atoms with Crippen molar-refractivity contribution in [2.45, 2.75) is 13.3 Å². The van der Waals surface area contributed by atoms with E-state index in [1.54, 1.807) is 16.1 Å². The molecule has 9 heteroatoms. The van der Waals surface area contributed by atoms with Crippen LogP contribution in [0.2, 0.25) is 0 Å². The van der Waals surface area contributed by atoms with E-state index in [2.05, 4.69) is 17.2 Å². The van der Waals surface area contributed by atoms with Crippen molar-refractivity contribution in [1.29, 1.82) is 0 Å². The van der Waals surface area contributed by atoms with E-state index in [1.807, 2.05) is 24.3 Å². The van der Waals surface area contributed by atoms with Crippen molar-refractivity contribution in [2.24, 2.45) is 10.7 Å². The van der Waals surface area contributed by atoms with Crippen LogP contribution in [0.5, 0.6) is 0 Å². The van der Waals surface area contributed by atoms with Gasteiger partial charge in [0.15, 0.2) is 5.96 Å². The second kappa shape index (κ2) is 10.5. The molecule has 3 N–H and O–H groups in total. The lowest BCUT2D eigenvalue weighted by Gasteiger charge is -2.25. The molecule has 1 saturated heterocycles. The zero-order chi connectivity index (χ0) is 16.7. The lowest BCUT2D eigenvalue weighted by molar-refractivity contribution is 0.444. The quantitative estimate of drug-likeness (QED) is 0.366. The van der Waals surface area contributed by atoms with Crippen molar-refractivity contribution in [3.05, 3.63) is 29.8 Å². The number of hydrogen-bond donors (Lipinski definition) is 2. The first-order chi connectivity index (χ1) is 11.0. The number of anilines is 1. The number of sulfonamides is 1.